The van der Waals surface area contributed by atoms with E-state index < -0.39 is 5.97 Å². The fourth-order valence-corrected chi connectivity index (χ4v) is 4.01. The lowest BCUT2D eigenvalue weighted by atomic mass is 10.0. The van der Waals surface area contributed by atoms with Crippen LogP contribution in [-0.2, 0) is 16.0 Å². The summed E-state index contributed by atoms with van der Waals surface area (Å²) in [6, 6.07) is 8.51. The standard InChI is InChI=1S/C24H28ClNO5/c1-15-11-19(31-10-8-18-5-3-4-9-30-18)12-16(2)23(15)24(29)26-21-13-17(14-22(27)28)6-7-20(21)25/h6-7,11-13,18H,3-5,8-10,14H2,1-2H3,(H,26,29)(H,27,28). The van der Waals surface area contributed by atoms with Gasteiger partial charge in [-0.25, -0.2) is 0 Å². The Morgan fingerprint density at radius 3 is 2.58 bits per heavy atom. The van der Waals surface area contributed by atoms with E-state index in [0.29, 0.717) is 28.4 Å². The molecular formula is C24H28ClNO5. The number of carboxylic acids is 1. The second-order valence-corrected chi connectivity index (χ2v) is 8.30. The Bertz CT molecular complexity index is 930. The fourth-order valence-electron chi connectivity index (χ4n) is 3.85. The first-order chi connectivity index (χ1) is 14.8. The SMILES string of the molecule is Cc1cc(OCCC2CCCCO2)cc(C)c1C(=O)Nc1cc(CC(=O)O)ccc1Cl. The highest BCUT2D eigenvalue weighted by Gasteiger charge is 2.17. The van der Waals surface area contributed by atoms with Gasteiger partial charge in [-0.3, -0.25) is 9.59 Å². The molecule has 0 bridgehead atoms. The quantitative estimate of drug-likeness (QED) is 0.585. The first kappa shape index (κ1) is 23.1. The van der Waals surface area contributed by atoms with Crippen LogP contribution in [0.4, 0.5) is 5.69 Å². The van der Waals surface area contributed by atoms with Crippen molar-refractivity contribution in [2.75, 3.05) is 18.5 Å². The van der Waals surface area contributed by atoms with E-state index in [9.17, 15) is 9.59 Å². The van der Waals surface area contributed by atoms with Crippen molar-refractivity contribution in [2.24, 2.45) is 0 Å². The topological polar surface area (TPSA) is 84.9 Å². The number of benzene rings is 2. The van der Waals surface area contributed by atoms with E-state index in [4.69, 9.17) is 26.2 Å². The van der Waals surface area contributed by atoms with Gasteiger partial charge in [-0.05, 0) is 74.1 Å². The molecule has 1 unspecified atom stereocenters. The van der Waals surface area contributed by atoms with Crippen LogP contribution in [0.15, 0.2) is 30.3 Å². The molecule has 0 radical (unpaired) electrons. The Balaban J connectivity index is 1.66. The van der Waals surface area contributed by atoms with E-state index in [1.807, 2.05) is 26.0 Å². The lowest BCUT2D eigenvalue weighted by molar-refractivity contribution is -0.136. The number of nitrogens with one attached hydrogen (secondary N) is 1. The number of anilines is 1. The number of amides is 1. The van der Waals surface area contributed by atoms with Gasteiger partial charge in [-0.1, -0.05) is 17.7 Å². The maximum absolute atomic E-state index is 12.9. The lowest BCUT2D eigenvalue weighted by Gasteiger charge is -2.22. The second kappa shape index (κ2) is 10.6. The molecule has 3 rings (SSSR count). The first-order valence-electron chi connectivity index (χ1n) is 10.5. The molecule has 166 valence electrons. The zero-order valence-corrected chi connectivity index (χ0v) is 18.6. The number of aryl methyl sites for hydroxylation is 2. The van der Waals surface area contributed by atoms with Gasteiger partial charge in [0.15, 0.2) is 0 Å². The van der Waals surface area contributed by atoms with Crippen molar-refractivity contribution in [3.05, 3.63) is 57.6 Å². The minimum atomic E-state index is -0.947. The van der Waals surface area contributed by atoms with Gasteiger partial charge in [-0.2, -0.15) is 0 Å². The summed E-state index contributed by atoms with van der Waals surface area (Å²) in [6.45, 7) is 5.12. The number of carboxylic acid groups (broad SMARTS) is 1. The number of hydrogen-bond acceptors (Lipinski definition) is 4. The van der Waals surface area contributed by atoms with Crippen LogP contribution in [-0.4, -0.2) is 36.3 Å². The normalized spacial score (nSPS) is 16.0. The van der Waals surface area contributed by atoms with Crippen LogP contribution in [0.2, 0.25) is 5.02 Å². The van der Waals surface area contributed by atoms with Crippen molar-refractivity contribution in [3.63, 3.8) is 0 Å². The monoisotopic (exact) mass is 445 g/mol. The van der Waals surface area contributed by atoms with Crippen molar-refractivity contribution in [2.45, 2.75) is 52.1 Å². The van der Waals surface area contributed by atoms with E-state index in [1.54, 1.807) is 18.2 Å². The smallest absolute Gasteiger partial charge is 0.307 e. The molecule has 1 amide bonds. The molecular weight excluding hydrogens is 418 g/mol. The Hall–Kier alpha value is -2.57. The van der Waals surface area contributed by atoms with Gasteiger partial charge in [0.25, 0.3) is 5.91 Å². The lowest BCUT2D eigenvalue weighted by Crippen LogP contribution is -2.21. The van der Waals surface area contributed by atoms with Gasteiger partial charge in [0.05, 0.1) is 29.8 Å². The minimum Gasteiger partial charge on any atom is -0.493 e. The summed E-state index contributed by atoms with van der Waals surface area (Å²) in [6.07, 6.45) is 4.39. The Morgan fingerprint density at radius 2 is 1.94 bits per heavy atom. The molecule has 1 atom stereocenters. The predicted molar refractivity (Wildman–Crippen MR) is 120 cm³/mol. The maximum Gasteiger partial charge on any atom is 0.307 e. The van der Waals surface area contributed by atoms with Crippen LogP contribution in [0.5, 0.6) is 5.75 Å². The highest BCUT2D eigenvalue weighted by molar-refractivity contribution is 6.34. The van der Waals surface area contributed by atoms with Crippen molar-refractivity contribution in [1.29, 1.82) is 0 Å². The number of halogens is 1. The third-order valence-electron chi connectivity index (χ3n) is 5.35. The number of aliphatic carboxylic acids is 1. The molecule has 1 aliphatic rings. The summed E-state index contributed by atoms with van der Waals surface area (Å²) < 4.78 is 11.6. The van der Waals surface area contributed by atoms with E-state index in [0.717, 1.165) is 42.7 Å². The predicted octanol–water partition coefficient (Wildman–Crippen LogP) is 5.17. The van der Waals surface area contributed by atoms with Gasteiger partial charge in [0.1, 0.15) is 5.75 Å². The molecule has 1 fully saturated rings. The van der Waals surface area contributed by atoms with Crippen LogP contribution in [0, 0.1) is 13.8 Å². The van der Waals surface area contributed by atoms with Crippen LogP contribution in [0.25, 0.3) is 0 Å². The molecule has 2 aromatic carbocycles. The number of carbonyl (C=O) groups is 2. The Morgan fingerprint density at radius 1 is 1.19 bits per heavy atom. The summed E-state index contributed by atoms with van der Waals surface area (Å²) >= 11 is 6.20. The average Bonchev–Trinajstić information content (AvgIpc) is 2.70. The summed E-state index contributed by atoms with van der Waals surface area (Å²) in [5, 5.41) is 12.1. The highest BCUT2D eigenvalue weighted by Crippen LogP contribution is 2.27. The molecule has 31 heavy (non-hydrogen) atoms. The molecule has 0 aliphatic carbocycles. The molecule has 2 aromatic rings. The van der Waals surface area contributed by atoms with Crippen LogP contribution >= 0.6 is 11.6 Å². The van der Waals surface area contributed by atoms with Gasteiger partial charge in [0.2, 0.25) is 0 Å². The first-order valence-corrected chi connectivity index (χ1v) is 10.9. The van der Waals surface area contributed by atoms with Gasteiger partial charge in [-0.15, -0.1) is 0 Å². The minimum absolute atomic E-state index is 0.143. The largest absolute Gasteiger partial charge is 0.493 e. The van der Waals surface area contributed by atoms with E-state index >= 15 is 0 Å². The molecule has 6 nitrogen and oxygen atoms in total. The molecule has 7 heteroatoms. The van der Waals surface area contributed by atoms with E-state index in [-0.39, 0.29) is 18.4 Å². The highest BCUT2D eigenvalue weighted by atomic mass is 35.5. The van der Waals surface area contributed by atoms with Crippen LogP contribution in [0.3, 0.4) is 0 Å². The van der Waals surface area contributed by atoms with Gasteiger partial charge in [0, 0.05) is 18.6 Å². The van der Waals surface area contributed by atoms with E-state index in [2.05, 4.69) is 5.32 Å². The van der Waals surface area contributed by atoms with Crippen molar-refractivity contribution >= 4 is 29.2 Å². The van der Waals surface area contributed by atoms with Crippen LogP contribution in [0.1, 0.15) is 52.7 Å². The number of hydrogen-bond donors (Lipinski definition) is 2. The molecule has 2 N–H and O–H groups in total. The molecule has 0 spiro atoms. The van der Waals surface area contributed by atoms with Gasteiger partial charge < -0.3 is 19.9 Å². The molecule has 1 saturated heterocycles. The van der Waals surface area contributed by atoms with Gasteiger partial charge >= 0.3 is 5.97 Å². The molecule has 1 heterocycles. The third kappa shape index (κ3) is 6.45. The third-order valence-corrected chi connectivity index (χ3v) is 5.68. The van der Waals surface area contributed by atoms with Crippen molar-refractivity contribution in [3.8, 4) is 5.75 Å². The molecule has 0 saturated carbocycles. The summed E-state index contributed by atoms with van der Waals surface area (Å²) in [5.74, 6) is -0.521. The van der Waals surface area contributed by atoms with Crippen LogP contribution < -0.4 is 10.1 Å². The molecule has 0 aromatic heterocycles. The molecule has 1 aliphatic heterocycles. The summed E-state index contributed by atoms with van der Waals surface area (Å²) in [5.41, 5.74) is 3.07. The average molecular weight is 446 g/mol. The zero-order valence-electron chi connectivity index (χ0n) is 17.9. The number of rotatable bonds is 8. The van der Waals surface area contributed by atoms with Crippen molar-refractivity contribution < 1.29 is 24.2 Å². The fraction of sp³-hybridized carbons (Fsp3) is 0.417. The number of carbonyl (C=O) groups excluding carboxylic acids is 1. The number of ether oxygens (including phenoxy) is 2. The second-order valence-electron chi connectivity index (χ2n) is 7.90. The summed E-state index contributed by atoms with van der Waals surface area (Å²) in [4.78, 5) is 23.9. The van der Waals surface area contributed by atoms with E-state index in [1.165, 1.54) is 6.42 Å². The Kier molecular flexibility index (Phi) is 7.93. The maximum atomic E-state index is 12.9. The van der Waals surface area contributed by atoms with Crippen molar-refractivity contribution in [1.82, 2.24) is 0 Å². The Labute approximate surface area is 187 Å². The summed E-state index contributed by atoms with van der Waals surface area (Å²) in [7, 11) is 0. The zero-order chi connectivity index (χ0) is 22.4.